The molecule has 1 aromatic heterocycles. The fraction of sp³-hybridized carbons (Fsp3) is 0.200. The van der Waals surface area contributed by atoms with Gasteiger partial charge in [0, 0.05) is 58.3 Å². The summed E-state index contributed by atoms with van der Waals surface area (Å²) in [7, 11) is 3.40. The van der Waals surface area contributed by atoms with E-state index >= 15 is 4.39 Å². The lowest BCUT2D eigenvalue weighted by Gasteiger charge is -2.39. The highest BCUT2D eigenvalue weighted by Gasteiger charge is 2.30. The molecule has 0 radical (unpaired) electrons. The minimum absolute atomic E-state index is 0.0110. The number of benzene rings is 3. The van der Waals surface area contributed by atoms with E-state index in [0.29, 0.717) is 58.4 Å². The number of likely N-dealkylation sites (tertiary alicyclic amines) is 1. The van der Waals surface area contributed by atoms with Crippen molar-refractivity contribution in [1.29, 1.82) is 0 Å². The van der Waals surface area contributed by atoms with Gasteiger partial charge < -0.3 is 20.3 Å². The van der Waals surface area contributed by atoms with Crippen LogP contribution in [-0.2, 0) is 6.54 Å². The molecule has 4 aromatic rings. The summed E-state index contributed by atoms with van der Waals surface area (Å²) >= 11 is 6.39. The first-order chi connectivity index (χ1) is 19.4. The normalized spacial score (nSPS) is 14.4. The summed E-state index contributed by atoms with van der Waals surface area (Å²) in [6.07, 6.45) is 1.72. The number of fused-ring (bicyclic) bond motifs is 3. The zero-order valence-electron chi connectivity index (χ0n) is 21.9. The molecule has 0 saturated carbocycles. The molecule has 0 atom stereocenters. The van der Waals surface area contributed by atoms with E-state index < -0.39 is 5.82 Å². The van der Waals surface area contributed by atoms with Crippen molar-refractivity contribution in [2.45, 2.75) is 12.6 Å². The van der Waals surface area contributed by atoms with Crippen LogP contribution in [0.3, 0.4) is 0 Å². The van der Waals surface area contributed by atoms with Gasteiger partial charge in [0.2, 0.25) is 5.95 Å². The van der Waals surface area contributed by atoms with E-state index in [9.17, 15) is 4.79 Å². The Balaban J connectivity index is 1.30. The zero-order chi connectivity index (χ0) is 27.8. The van der Waals surface area contributed by atoms with Gasteiger partial charge in [-0.15, -0.1) is 0 Å². The molecule has 1 saturated heterocycles. The number of aliphatic imine (C=N–C) groups is 1. The van der Waals surface area contributed by atoms with Gasteiger partial charge in [0.05, 0.1) is 30.6 Å². The molecule has 3 heterocycles. The van der Waals surface area contributed by atoms with E-state index in [4.69, 9.17) is 26.3 Å². The summed E-state index contributed by atoms with van der Waals surface area (Å²) in [5.41, 5.74) is 4.92. The van der Waals surface area contributed by atoms with Crippen LogP contribution in [0.1, 0.15) is 27.0 Å². The summed E-state index contributed by atoms with van der Waals surface area (Å²) in [4.78, 5) is 28.6. The van der Waals surface area contributed by atoms with Crippen molar-refractivity contribution in [2.75, 3.05) is 32.6 Å². The number of hydrogen-bond acceptors (Lipinski definition) is 7. The summed E-state index contributed by atoms with van der Waals surface area (Å²) < 4.78 is 20.6. The lowest BCUT2D eigenvalue weighted by Crippen LogP contribution is -2.58. The number of ether oxygens (including phenoxy) is 1. The van der Waals surface area contributed by atoms with Gasteiger partial charge in [0.25, 0.3) is 5.91 Å². The highest BCUT2D eigenvalue weighted by Crippen LogP contribution is 2.36. The van der Waals surface area contributed by atoms with Crippen LogP contribution in [0.5, 0.6) is 5.75 Å². The Kier molecular flexibility index (Phi) is 6.91. The van der Waals surface area contributed by atoms with E-state index in [-0.39, 0.29) is 18.0 Å². The molecule has 2 aliphatic rings. The minimum atomic E-state index is -0.443. The number of rotatable bonds is 6. The maximum Gasteiger partial charge on any atom is 0.253 e. The number of likely N-dealkylation sites (N-methyl/N-ethyl adjacent to an activating group) is 1. The van der Waals surface area contributed by atoms with Gasteiger partial charge in [-0.1, -0.05) is 23.7 Å². The molecule has 1 amide bonds. The first-order valence-corrected chi connectivity index (χ1v) is 13.2. The van der Waals surface area contributed by atoms with Gasteiger partial charge in [-0.2, -0.15) is 0 Å². The van der Waals surface area contributed by atoms with Crippen molar-refractivity contribution in [3.8, 4) is 17.0 Å². The molecule has 40 heavy (non-hydrogen) atoms. The number of nitrogens with one attached hydrogen (secondary N) is 2. The van der Waals surface area contributed by atoms with Crippen molar-refractivity contribution in [3.05, 3.63) is 100.0 Å². The lowest BCUT2D eigenvalue weighted by atomic mass is 9.94. The van der Waals surface area contributed by atoms with Gasteiger partial charge in [-0.25, -0.2) is 14.4 Å². The molecular formula is C30H26ClFN6O2. The Morgan fingerprint density at radius 3 is 2.65 bits per heavy atom. The summed E-state index contributed by atoms with van der Waals surface area (Å²) in [5, 5.41) is 6.89. The van der Waals surface area contributed by atoms with E-state index in [1.807, 2.05) is 30.1 Å². The number of nitrogens with zero attached hydrogens (tertiary/aromatic N) is 4. The van der Waals surface area contributed by atoms with Gasteiger partial charge in [-0.05, 0) is 55.6 Å². The van der Waals surface area contributed by atoms with Crippen LogP contribution in [0.25, 0.3) is 11.3 Å². The molecular weight excluding hydrogens is 531 g/mol. The van der Waals surface area contributed by atoms with Gasteiger partial charge in [0.1, 0.15) is 11.6 Å². The monoisotopic (exact) mass is 556 g/mol. The third-order valence-electron chi connectivity index (χ3n) is 7.16. The Hall–Kier alpha value is -4.34. The van der Waals surface area contributed by atoms with Crippen LogP contribution in [0, 0.1) is 5.82 Å². The molecule has 2 aliphatic heterocycles. The zero-order valence-corrected chi connectivity index (χ0v) is 22.7. The van der Waals surface area contributed by atoms with Crippen molar-refractivity contribution < 1.29 is 13.9 Å². The maximum atomic E-state index is 15.1. The molecule has 6 rings (SSSR count). The van der Waals surface area contributed by atoms with Crippen molar-refractivity contribution in [2.24, 2.45) is 4.99 Å². The molecule has 0 aliphatic carbocycles. The number of halogens is 2. The van der Waals surface area contributed by atoms with E-state index in [1.165, 1.54) is 13.2 Å². The molecule has 10 heteroatoms. The Morgan fingerprint density at radius 1 is 1.10 bits per heavy atom. The first kappa shape index (κ1) is 25.9. The summed E-state index contributed by atoms with van der Waals surface area (Å²) in [6, 6.07) is 17.7. The third-order valence-corrected chi connectivity index (χ3v) is 7.40. The van der Waals surface area contributed by atoms with Crippen molar-refractivity contribution in [3.63, 3.8) is 0 Å². The van der Waals surface area contributed by atoms with Gasteiger partial charge in [0.15, 0.2) is 0 Å². The first-order valence-electron chi connectivity index (χ1n) is 12.8. The smallest absolute Gasteiger partial charge is 0.253 e. The molecule has 202 valence electrons. The predicted molar refractivity (Wildman–Crippen MR) is 153 cm³/mol. The Morgan fingerprint density at radius 2 is 1.90 bits per heavy atom. The van der Waals surface area contributed by atoms with E-state index in [2.05, 4.69) is 15.6 Å². The highest BCUT2D eigenvalue weighted by molar-refractivity contribution is 6.31. The Labute approximate surface area is 235 Å². The second kappa shape index (κ2) is 10.7. The standard InChI is InChI=1S/C30H26ClFN6O2/c1-33-21-15-38(16-21)29(39)17-6-9-20(10-7-17)36-30-35-14-18-13-34-28(26-24(32)4-3-5-25(26)40-2)23-12-19(31)8-11-22(23)27(18)37-30/h3-12,14,21,33H,13,15-16H2,1-2H3,(H,35,36,37). The number of carbonyl (C=O) groups is 1. The van der Waals surface area contributed by atoms with Crippen molar-refractivity contribution in [1.82, 2.24) is 20.2 Å². The maximum absolute atomic E-state index is 15.1. The highest BCUT2D eigenvalue weighted by atomic mass is 35.5. The number of carbonyl (C=O) groups excluding carboxylic acids is 1. The van der Waals surface area contributed by atoms with Crippen LogP contribution in [0.15, 0.2) is 71.9 Å². The molecule has 2 N–H and O–H groups in total. The average molecular weight is 557 g/mol. The molecule has 0 spiro atoms. The largest absolute Gasteiger partial charge is 0.496 e. The second-order valence-corrected chi connectivity index (χ2v) is 10.1. The van der Waals surface area contributed by atoms with Crippen LogP contribution in [0.2, 0.25) is 5.02 Å². The molecule has 0 bridgehead atoms. The number of hydrogen-bond donors (Lipinski definition) is 2. The summed E-state index contributed by atoms with van der Waals surface area (Å²) in [5.74, 6) is 0.324. The number of aromatic nitrogens is 2. The third kappa shape index (κ3) is 4.78. The Bertz CT molecular complexity index is 1640. The van der Waals surface area contributed by atoms with Crippen LogP contribution < -0.4 is 15.4 Å². The van der Waals surface area contributed by atoms with Gasteiger partial charge in [-0.3, -0.25) is 9.79 Å². The molecule has 0 unspecified atom stereocenters. The lowest BCUT2D eigenvalue weighted by molar-refractivity contribution is 0.0577. The predicted octanol–water partition coefficient (Wildman–Crippen LogP) is 5.08. The molecule has 8 nitrogen and oxygen atoms in total. The topological polar surface area (TPSA) is 91.7 Å². The van der Waals surface area contributed by atoms with Crippen LogP contribution in [-0.4, -0.2) is 59.8 Å². The molecule has 3 aromatic carbocycles. The fourth-order valence-electron chi connectivity index (χ4n) is 4.94. The number of methoxy groups -OCH3 is 1. The fourth-order valence-corrected chi connectivity index (χ4v) is 5.11. The SMILES string of the molecule is CNC1CN(C(=O)c2ccc(Nc3ncc4c(n3)-c3ccc(Cl)cc3C(c3c(F)cccc3OC)=NC4)cc2)C1. The minimum Gasteiger partial charge on any atom is -0.496 e. The summed E-state index contributed by atoms with van der Waals surface area (Å²) in [6.45, 7) is 1.66. The quantitative estimate of drug-likeness (QED) is 0.344. The number of anilines is 2. The van der Waals surface area contributed by atoms with E-state index in [1.54, 1.807) is 42.6 Å². The average Bonchev–Trinajstić information content (AvgIpc) is 3.09. The van der Waals surface area contributed by atoms with Gasteiger partial charge >= 0.3 is 0 Å². The van der Waals surface area contributed by atoms with Crippen LogP contribution >= 0.6 is 11.6 Å². The van der Waals surface area contributed by atoms with E-state index in [0.717, 1.165) is 16.8 Å². The second-order valence-electron chi connectivity index (χ2n) is 9.64. The van der Waals surface area contributed by atoms with Crippen molar-refractivity contribution >= 4 is 34.9 Å². The van der Waals surface area contributed by atoms with Crippen LogP contribution in [0.4, 0.5) is 16.0 Å². The number of amides is 1. The molecule has 1 fully saturated rings.